The van der Waals surface area contributed by atoms with E-state index in [1.807, 2.05) is 20.8 Å². The predicted molar refractivity (Wildman–Crippen MR) is 109 cm³/mol. The lowest BCUT2D eigenvalue weighted by atomic mass is 9.80. The van der Waals surface area contributed by atoms with Crippen LogP contribution in [0.15, 0.2) is 22.8 Å². The molecular formula is C23H34O6. The van der Waals surface area contributed by atoms with E-state index in [9.17, 15) is 19.5 Å². The van der Waals surface area contributed by atoms with Gasteiger partial charge in [-0.15, -0.1) is 0 Å². The molecule has 0 amide bonds. The fourth-order valence-electron chi connectivity index (χ4n) is 4.98. The number of Topliss-reactive ketones (excluding diaryl/α,β-unsaturated/α-hetero) is 1. The van der Waals surface area contributed by atoms with Crippen LogP contribution in [-0.2, 0) is 23.9 Å². The third-order valence-electron chi connectivity index (χ3n) is 6.64. The molecule has 0 heterocycles. The van der Waals surface area contributed by atoms with Crippen molar-refractivity contribution < 1.29 is 29.0 Å². The minimum Gasteiger partial charge on any atom is -0.459 e. The van der Waals surface area contributed by atoms with E-state index in [0.717, 1.165) is 5.57 Å². The van der Waals surface area contributed by atoms with Crippen LogP contribution < -0.4 is 0 Å². The van der Waals surface area contributed by atoms with Crippen LogP contribution in [0.3, 0.4) is 0 Å². The second kappa shape index (κ2) is 8.82. The van der Waals surface area contributed by atoms with Gasteiger partial charge in [0.05, 0.1) is 12.5 Å². The maximum atomic E-state index is 12.7. The van der Waals surface area contributed by atoms with Crippen molar-refractivity contribution in [3.05, 3.63) is 22.8 Å². The molecule has 1 N–H and O–H groups in total. The van der Waals surface area contributed by atoms with Crippen LogP contribution in [0.4, 0.5) is 0 Å². The Balaban J connectivity index is 2.50. The molecule has 2 unspecified atom stereocenters. The highest BCUT2D eigenvalue weighted by molar-refractivity contribution is 6.00. The lowest BCUT2D eigenvalue weighted by Gasteiger charge is -2.38. The van der Waals surface area contributed by atoms with Crippen LogP contribution in [0, 0.1) is 23.7 Å². The van der Waals surface area contributed by atoms with Crippen LogP contribution in [0.25, 0.3) is 0 Å². The first-order chi connectivity index (χ1) is 13.4. The number of hydrogen-bond acceptors (Lipinski definition) is 6. The molecule has 2 aliphatic rings. The molecule has 6 nitrogen and oxygen atoms in total. The minimum atomic E-state index is -0.886. The highest BCUT2D eigenvalue weighted by atomic mass is 16.6. The van der Waals surface area contributed by atoms with Crippen molar-refractivity contribution >= 4 is 17.7 Å². The molecule has 0 aromatic rings. The molecule has 1 saturated carbocycles. The SMILES string of the molecule is C/C=C(/C)C(=O)O[C@@H]1C[C@H](C)C2C(=C(C)C(=O)C2CO)C[C@@H]1C(C)(C)OC(C)=O. The Labute approximate surface area is 173 Å². The Kier molecular flexibility index (Phi) is 7.10. The monoisotopic (exact) mass is 406 g/mol. The highest BCUT2D eigenvalue weighted by Crippen LogP contribution is 2.49. The van der Waals surface area contributed by atoms with Crippen LogP contribution in [0.2, 0.25) is 0 Å². The molecule has 0 bridgehead atoms. The van der Waals surface area contributed by atoms with Crippen molar-refractivity contribution in [1.82, 2.24) is 0 Å². The van der Waals surface area contributed by atoms with Gasteiger partial charge >= 0.3 is 11.9 Å². The first-order valence-corrected chi connectivity index (χ1v) is 10.3. The standard InChI is InChI=1S/C23H34O6/c1-8-12(2)22(27)28-19-9-13(3)20-16(14(4)21(26)17(20)11-24)10-18(19)23(6,7)29-15(5)25/h8,13,17-20,24H,9-11H2,1-7H3/b12-8-/t13-,17?,18-,19+,20?/m0/s1. The van der Waals surface area contributed by atoms with Crippen LogP contribution in [0.1, 0.15) is 61.3 Å². The number of ketones is 1. The average Bonchev–Trinajstić information content (AvgIpc) is 2.77. The summed E-state index contributed by atoms with van der Waals surface area (Å²) in [6.45, 7) is 12.1. The Morgan fingerprint density at radius 1 is 1.28 bits per heavy atom. The first-order valence-electron chi connectivity index (χ1n) is 10.3. The smallest absolute Gasteiger partial charge is 0.333 e. The Hall–Kier alpha value is -1.95. The maximum Gasteiger partial charge on any atom is 0.333 e. The molecule has 0 radical (unpaired) electrons. The molecule has 29 heavy (non-hydrogen) atoms. The summed E-state index contributed by atoms with van der Waals surface area (Å²) in [6.07, 6.45) is 2.25. The summed E-state index contributed by atoms with van der Waals surface area (Å²) in [7, 11) is 0. The number of fused-ring (bicyclic) bond motifs is 1. The van der Waals surface area contributed by atoms with Gasteiger partial charge in [0.1, 0.15) is 11.7 Å². The van der Waals surface area contributed by atoms with E-state index >= 15 is 0 Å². The average molecular weight is 407 g/mol. The van der Waals surface area contributed by atoms with E-state index < -0.39 is 23.6 Å². The van der Waals surface area contributed by atoms with Crippen molar-refractivity contribution in [2.24, 2.45) is 23.7 Å². The Morgan fingerprint density at radius 3 is 2.41 bits per heavy atom. The number of aliphatic hydroxyl groups is 1. The van der Waals surface area contributed by atoms with Crippen LogP contribution >= 0.6 is 0 Å². The summed E-state index contributed by atoms with van der Waals surface area (Å²) in [5, 5.41) is 9.85. The highest BCUT2D eigenvalue weighted by Gasteiger charge is 2.51. The second-order valence-electron chi connectivity index (χ2n) is 8.97. The van der Waals surface area contributed by atoms with E-state index in [4.69, 9.17) is 9.47 Å². The topological polar surface area (TPSA) is 89.9 Å². The quantitative estimate of drug-likeness (QED) is 0.556. The summed E-state index contributed by atoms with van der Waals surface area (Å²) < 4.78 is 11.5. The van der Waals surface area contributed by atoms with Crippen molar-refractivity contribution in [3.63, 3.8) is 0 Å². The van der Waals surface area contributed by atoms with Gasteiger partial charge in [-0.25, -0.2) is 4.79 Å². The summed E-state index contributed by atoms with van der Waals surface area (Å²) in [5.74, 6) is -1.61. The van der Waals surface area contributed by atoms with Gasteiger partial charge in [-0.2, -0.15) is 0 Å². The van der Waals surface area contributed by atoms with Gasteiger partial charge in [0.25, 0.3) is 0 Å². The van der Waals surface area contributed by atoms with Gasteiger partial charge in [0.15, 0.2) is 5.78 Å². The number of carbonyl (C=O) groups is 3. The minimum absolute atomic E-state index is 0.0106. The Morgan fingerprint density at radius 2 is 1.90 bits per heavy atom. The Bertz CT molecular complexity index is 744. The molecular weight excluding hydrogens is 372 g/mol. The summed E-state index contributed by atoms with van der Waals surface area (Å²) in [5.41, 5.74) is 1.31. The zero-order valence-electron chi connectivity index (χ0n) is 18.6. The predicted octanol–water partition coefficient (Wildman–Crippen LogP) is 3.38. The molecule has 0 aromatic heterocycles. The maximum absolute atomic E-state index is 12.7. The van der Waals surface area contributed by atoms with Crippen molar-refractivity contribution in [1.29, 1.82) is 0 Å². The lowest BCUT2D eigenvalue weighted by molar-refractivity contribution is -0.170. The number of carbonyl (C=O) groups excluding carboxylic acids is 3. The summed E-state index contributed by atoms with van der Waals surface area (Å²) in [4.78, 5) is 37.0. The third kappa shape index (κ3) is 4.63. The largest absolute Gasteiger partial charge is 0.459 e. The number of allylic oxidation sites excluding steroid dienone is 3. The van der Waals surface area contributed by atoms with E-state index in [0.29, 0.717) is 24.0 Å². The fourth-order valence-corrected chi connectivity index (χ4v) is 4.98. The number of hydrogen-bond donors (Lipinski definition) is 1. The first kappa shape index (κ1) is 23.3. The molecule has 0 aromatic carbocycles. The summed E-state index contributed by atoms with van der Waals surface area (Å²) >= 11 is 0. The fraction of sp³-hybridized carbons (Fsp3) is 0.696. The second-order valence-corrected chi connectivity index (χ2v) is 8.97. The summed E-state index contributed by atoms with van der Waals surface area (Å²) in [6, 6.07) is 0. The van der Waals surface area contributed by atoms with E-state index in [2.05, 4.69) is 0 Å². The third-order valence-corrected chi connectivity index (χ3v) is 6.64. The van der Waals surface area contributed by atoms with Gasteiger partial charge in [0.2, 0.25) is 0 Å². The molecule has 2 aliphatic carbocycles. The zero-order valence-corrected chi connectivity index (χ0v) is 18.6. The van der Waals surface area contributed by atoms with Gasteiger partial charge in [-0.3, -0.25) is 9.59 Å². The molecule has 0 aliphatic heterocycles. The normalized spacial score (nSPS) is 30.7. The molecule has 2 rings (SSSR count). The molecule has 162 valence electrons. The van der Waals surface area contributed by atoms with Gasteiger partial charge in [-0.1, -0.05) is 18.6 Å². The molecule has 1 fully saturated rings. The number of aliphatic hydroxyl groups excluding tert-OH is 1. The van der Waals surface area contributed by atoms with Crippen molar-refractivity contribution in [2.45, 2.75) is 73.0 Å². The van der Waals surface area contributed by atoms with E-state index in [1.54, 1.807) is 26.8 Å². The van der Waals surface area contributed by atoms with Gasteiger partial charge < -0.3 is 14.6 Å². The molecule has 6 heteroatoms. The zero-order chi connectivity index (χ0) is 22.1. The van der Waals surface area contributed by atoms with Gasteiger partial charge in [0, 0.05) is 18.4 Å². The number of rotatable bonds is 5. The van der Waals surface area contributed by atoms with E-state index in [1.165, 1.54) is 6.92 Å². The lowest BCUT2D eigenvalue weighted by Crippen LogP contribution is -2.44. The van der Waals surface area contributed by atoms with E-state index in [-0.39, 0.29) is 36.1 Å². The van der Waals surface area contributed by atoms with Crippen LogP contribution in [0.5, 0.6) is 0 Å². The number of esters is 2. The van der Waals surface area contributed by atoms with Crippen molar-refractivity contribution in [2.75, 3.05) is 6.61 Å². The van der Waals surface area contributed by atoms with Crippen molar-refractivity contribution in [3.8, 4) is 0 Å². The van der Waals surface area contributed by atoms with Crippen LogP contribution in [-0.4, -0.2) is 41.1 Å². The molecule has 0 spiro atoms. The number of ether oxygens (including phenoxy) is 2. The molecule has 0 saturated heterocycles. The molecule has 5 atom stereocenters. The van der Waals surface area contributed by atoms with Gasteiger partial charge in [-0.05, 0) is 64.9 Å².